The molecular weight excluding hydrogens is 220 g/mol. The topological polar surface area (TPSA) is 79.8 Å². The largest absolute Gasteiger partial charge is 0.295 e. The molecule has 84 valence electrons. The second-order valence-corrected chi connectivity index (χ2v) is 3.02. The van der Waals surface area contributed by atoms with E-state index in [0.29, 0.717) is 0 Å². The van der Waals surface area contributed by atoms with Gasteiger partial charge in [-0.1, -0.05) is 0 Å². The number of nitriles is 1. The van der Waals surface area contributed by atoms with E-state index in [9.17, 15) is 18.9 Å². The van der Waals surface area contributed by atoms with Crippen molar-refractivity contribution in [1.82, 2.24) is 4.98 Å². The van der Waals surface area contributed by atoms with Crippen LogP contribution in [0.2, 0.25) is 0 Å². The van der Waals surface area contributed by atoms with Gasteiger partial charge in [0.25, 0.3) is 12.1 Å². The predicted octanol–water partition coefficient (Wildman–Crippen LogP) is 2.30. The normalized spacial score (nSPS) is 10.2. The summed E-state index contributed by atoms with van der Waals surface area (Å²) in [7, 11) is 0. The minimum Gasteiger partial charge on any atom is -0.258 e. The smallest absolute Gasteiger partial charge is 0.258 e. The molecule has 1 rings (SSSR count). The summed E-state index contributed by atoms with van der Waals surface area (Å²) < 4.78 is 25.1. The number of aromatic nitrogens is 1. The van der Waals surface area contributed by atoms with E-state index in [4.69, 9.17) is 5.26 Å². The Hall–Kier alpha value is -2.10. The SMILES string of the molecule is Cc1ncc(C(F)F)c(CC#N)c1[N+](=O)[O-]. The molecule has 0 saturated heterocycles. The third kappa shape index (κ3) is 2.11. The fraction of sp³-hybridized carbons (Fsp3) is 0.333. The molecule has 0 unspecified atom stereocenters. The molecule has 1 aromatic heterocycles. The standard InChI is InChI=1S/C9H7F2N3O2/c1-5-8(14(15)16)6(2-3-12)7(4-13-5)9(10)11/h4,9H,2H2,1H3. The lowest BCUT2D eigenvalue weighted by molar-refractivity contribution is -0.386. The lowest BCUT2D eigenvalue weighted by atomic mass is 10.0. The van der Waals surface area contributed by atoms with Crippen molar-refractivity contribution < 1.29 is 13.7 Å². The number of rotatable bonds is 3. The van der Waals surface area contributed by atoms with E-state index in [-0.39, 0.29) is 11.3 Å². The predicted molar refractivity (Wildman–Crippen MR) is 49.9 cm³/mol. The van der Waals surface area contributed by atoms with Crippen LogP contribution < -0.4 is 0 Å². The summed E-state index contributed by atoms with van der Waals surface area (Å²) in [4.78, 5) is 13.4. The van der Waals surface area contributed by atoms with Crippen molar-refractivity contribution in [3.8, 4) is 6.07 Å². The zero-order valence-corrected chi connectivity index (χ0v) is 8.28. The van der Waals surface area contributed by atoms with Crippen LogP contribution in [0.25, 0.3) is 0 Å². The minimum atomic E-state index is -2.88. The third-order valence-corrected chi connectivity index (χ3v) is 2.05. The Labute approximate surface area is 89.5 Å². The summed E-state index contributed by atoms with van der Waals surface area (Å²) in [5.41, 5.74) is -1.28. The number of aryl methyl sites for hydroxylation is 1. The van der Waals surface area contributed by atoms with Crippen molar-refractivity contribution in [1.29, 1.82) is 5.26 Å². The van der Waals surface area contributed by atoms with E-state index in [1.165, 1.54) is 6.92 Å². The highest BCUT2D eigenvalue weighted by Crippen LogP contribution is 2.31. The molecule has 5 nitrogen and oxygen atoms in total. The van der Waals surface area contributed by atoms with Gasteiger partial charge in [-0.25, -0.2) is 8.78 Å². The maximum absolute atomic E-state index is 12.6. The Morgan fingerprint density at radius 1 is 1.69 bits per heavy atom. The number of hydrogen-bond donors (Lipinski definition) is 0. The van der Waals surface area contributed by atoms with Gasteiger partial charge in [-0.3, -0.25) is 15.1 Å². The van der Waals surface area contributed by atoms with Crippen LogP contribution in [0.4, 0.5) is 14.5 Å². The van der Waals surface area contributed by atoms with Crippen LogP contribution in [-0.2, 0) is 6.42 Å². The van der Waals surface area contributed by atoms with Crippen molar-refractivity contribution >= 4 is 5.69 Å². The highest BCUT2D eigenvalue weighted by atomic mass is 19.3. The van der Waals surface area contributed by atoms with Crippen molar-refractivity contribution in [2.45, 2.75) is 19.8 Å². The number of pyridine rings is 1. The molecule has 0 aliphatic carbocycles. The van der Waals surface area contributed by atoms with Gasteiger partial charge in [-0.2, -0.15) is 5.26 Å². The summed E-state index contributed by atoms with van der Waals surface area (Å²) in [5.74, 6) is 0. The average molecular weight is 227 g/mol. The quantitative estimate of drug-likeness (QED) is 0.586. The van der Waals surface area contributed by atoms with Gasteiger partial charge in [0.1, 0.15) is 5.69 Å². The van der Waals surface area contributed by atoms with E-state index in [0.717, 1.165) is 6.20 Å². The van der Waals surface area contributed by atoms with Crippen LogP contribution in [0.3, 0.4) is 0 Å². The third-order valence-electron chi connectivity index (χ3n) is 2.05. The first-order chi connectivity index (χ1) is 7.49. The fourth-order valence-corrected chi connectivity index (χ4v) is 1.36. The van der Waals surface area contributed by atoms with Gasteiger partial charge in [-0.15, -0.1) is 0 Å². The van der Waals surface area contributed by atoms with Crippen LogP contribution in [0, 0.1) is 28.4 Å². The van der Waals surface area contributed by atoms with Gasteiger partial charge < -0.3 is 0 Å². The molecule has 0 atom stereocenters. The molecule has 0 fully saturated rings. The van der Waals surface area contributed by atoms with Crippen LogP contribution >= 0.6 is 0 Å². The summed E-state index contributed by atoms with van der Waals surface area (Å²) in [6.45, 7) is 1.34. The lowest BCUT2D eigenvalue weighted by Crippen LogP contribution is -2.04. The van der Waals surface area contributed by atoms with Crippen LogP contribution in [0.5, 0.6) is 0 Å². The molecule has 7 heteroatoms. The molecule has 0 radical (unpaired) electrons. The van der Waals surface area contributed by atoms with E-state index in [1.807, 2.05) is 0 Å². The fourth-order valence-electron chi connectivity index (χ4n) is 1.36. The molecule has 16 heavy (non-hydrogen) atoms. The Kier molecular flexibility index (Phi) is 3.45. The van der Waals surface area contributed by atoms with Gasteiger partial charge in [0.2, 0.25) is 0 Å². The first kappa shape index (κ1) is 12.0. The molecule has 0 bridgehead atoms. The Balaban J connectivity index is 3.51. The number of alkyl halides is 2. The average Bonchev–Trinajstić information content (AvgIpc) is 2.17. The Bertz CT molecular complexity index is 469. The highest BCUT2D eigenvalue weighted by molar-refractivity contribution is 5.49. The molecule has 0 spiro atoms. The summed E-state index contributed by atoms with van der Waals surface area (Å²) in [6.07, 6.45) is -2.44. The molecule has 0 aliphatic heterocycles. The van der Waals surface area contributed by atoms with Gasteiger partial charge in [-0.05, 0) is 6.92 Å². The molecule has 0 aliphatic rings. The monoisotopic (exact) mass is 227 g/mol. The first-order valence-corrected chi connectivity index (χ1v) is 4.27. The zero-order chi connectivity index (χ0) is 12.3. The number of halogens is 2. The molecule has 0 N–H and O–H groups in total. The maximum Gasteiger partial charge on any atom is 0.295 e. The number of hydrogen-bond acceptors (Lipinski definition) is 4. The molecule has 0 saturated carbocycles. The molecule has 1 aromatic rings. The van der Waals surface area contributed by atoms with Crippen molar-refractivity contribution in [2.24, 2.45) is 0 Å². The summed E-state index contributed by atoms with van der Waals surface area (Å²) in [6, 6.07) is 1.64. The van der Waals surface area contributed by atoms with E-state index < -0.39 is 29.0 Å². The molecule has 0 aromatic carbocycles. The van der Waals surface area contributed by atoms with Gasteiger partial charge in [0.15, 0.2) is 0 Å². The first-order valence-electron chi connectivity index (χ1n) is 4.27. The minimum absolute atomic E-state index is 0.0275. The van der Waals surface area contributed by atoms with Gasteiger partial charge in [0, 0.05) is 11.8 Å². The zero-order valence-electron chi connectivity index (χ0n) is 8.28. The molecular formula is C9H7F2N3O2. The van der Waals surface area contributed by atoms with Crippen LogP contribution in [-0.4, -0.2) is 9.91 Å². The van der Waals surface area contributed by atoms with Gasteiger partial charge >= 0.3 is 0 Å². The van der Waals surface area contributed by atoms with Gasteiger partial charge in [0.05, 0.1) is 23.0 Å². The van der Waals surface area contributed by atoms with Crippen molar-refractivity contribution in [3.63, 3.8) is 0 Å². The van der Waals surface area contributed by atoms with Crippen LogP contribution in [0.15, 0.2) is 6.20 Å². The molecule has 1 heterocycles. The van der Waals surface area contributed by atoms with E-state index in [2.05, 4.69) is 4.98 Å². The summed E-state index contributed by atoms with van der Waals surface area (Å²) >= 11 is 0. The molecule has 0 amide bonds. The van der Waals surface area contributed by atoms with Crippen LogP contribution in [0.1, 0.15) is 23.2 Å². The van der Waals surface area contributed by atoms with E-state index in [1.54, 1.807) is 6.07 Å². The second kappa shape index (κ2) is 4.61. The number of nitro groups is 1. The van der Waals surface area contributed by atoms with Crippen molar-refractivity contribution in [2.75, 3.05) is 0 Å². The Morgan fingerprint density at radius 3 is 2.75 bits per heavy atom. The Morgan fingerprint density at radius 2 is 2.31 bits per heavy atom. The second-order valence-electron chi connectivity index (χ2n) is 3.02. The van der Waals surface area contributed by atoms with Crippen molar-refractivity contribution in [3.05, 3.63) is 33.1 Å². The summed E-state index contributed by atoms with van der Waals surface area (Å²) in [5, 5.41) is 19.2. The lowest BCUT2D eigenvalue weighted by Gasteiger charge is -2.07. The van der Waals surface area contributed by atoms with E-state index >= 15 is 0 Å². The maximum atomic E-state index is 12.6. The number of nitrogens with zero attached hydrogens (tertiary/aromatic N) is 3. The highest BCUT2D eigenvalue weighted by Gasteiger charge is 2.25.